The maximum atomic E-state index is 15.5. The highest BCUT2D eigenvalue weighted by Gasteiger charge is 2.78. The highest BCUT2D eigenvalue weighted by molar-refractivity contribution is 5.96. The van der Waals surface area contributed by atoms with Crippen molar-refractivity contribution < 1.29 is 72.9 Å². The Kier molecular flexibility index (Phi) is 11.9. The molecule has 3 aliphatic carbocycles. The number of benzene rings is 3. The maximum absolute atomic E-state index is 15.5. The van der Waals surface area contributed by atoms with Crippen LogP contribution in [0.15, 0.2) is 96.1 Å². The number of rotatable bonds is 10. The summed E-state index contributed by atoms with van der Waals surface area (Å²) in [4.78, 5) is 83.5. The molecule has 2 bridgehead atoms. The fourth-order valence-corrected chi connectivity index (χ4v) is 10.2. The summed E-state index contributed by atoms with van der Waals surface area (Å²) >= 11 is 0. The molecular weight excluding hydrogens is 819 g/mol. The summed E-state index contributed by atoms with van der Waals surface area (Å²) < 4.78 is 30.1. The van der Waals surface area contributed by atoms with Crippen molar-refractivity contribution in [1.29, 1.82) is 0 Å². The van der Waals surface area contributed by atoms with E-state index in [0.717, 1.165) is 19.9 Å². The van der Waals surface area contributed by atoms with Crippen molar-refractivity contribution in [1.82, 2.24) is 5.32 Å². The number of ketones is 1. The van der Waals surface area contributed by atoms with Crippen molar-refractivity contribution in [2.75, 3.05) is 6.61 Å². The number of esters is 4. The van der Waals surface area contributed by atoms with Gasteiger partial charge in [-0.25, -0.2) is 9.59 Å². The summed E-state index contributed by atoms with van der Waals surface area (Å²) in [6.07, 6.45) is -10.9. The molecule has 1 heterocycles. The summed E-state index contributed by atoms with van der Waals surface area (Å²) in [6.45, 7) is 7.76. The third-order valence-electron chi connectivity index (χ3n) is 13.6. The molecule has 3 aromatic rings. The van der Waals surface area contributed by atoms with Gasteiger partial charge >= 0.3 is 23.9 Å². The lowest BCUT2D eigenvalue weighted by atomic mass is 9.44. The smallest absolute Gasteiger partial charge is 0.338 e. The molecule has 3 aromatic carbocycles. The number of fused-ring (bicyclic) bond motifs is 5. The van der Waals surface area contributed by atoms with E-state index >= 15 is 4.79 Å². The minimum Gasteiger partial charge on any atom is -0.508 e. The summed E-state index contributed by atoms with van der Waals surface area (Å²) in [5, 5.41) is 50.5. The van der Waals surface area contributed by atoms with E-state index < -0.39 is 113 Å². The Hall–Kier alpha value is -5.94. The molecule has 4 aliphatic rings. The van der Waals surface area contributed by atoms with Crippen molar-refractivity contribution in [2.45, 2.75) is 108 Å². The Balaban J connectivity index is 1.39. The number of hydrogen-bond donors (Lipinski definition) is 5. The monoisotopic (exact) mass is 869 g/mol. The maximum Gasteiger partial charge on any atom is 0.338 e. The first-order chi connectivity index (χ1) is 29.7. The molecule has 3 fully saturated rings. The quantitative estimate of drug-likeness (QED) is 0.111. The molecule has 0 aromatic heterocycles. The van der Waals surface area contributed by atoms with E-state index in [2.05, 4.69) is 5.32 Å². The number of ether oxygens (including phenoxy) is 5. The third-order valence-corrected chi connectivity index (χ3v) is 13.6. The largest absolute Gasteiger partial charge is 0.508 e. The number of phenolic OH excluding ortho intramolecular Hbond substituents is 1. The van der Waals surface area contributed by atoms with Gasteiger partial charge in [0.2, 0.25) is 0 Å². The topological polar surface area (TPSA) is 242 Å². The van der Waals surface area contributed by atoms with Gasteiger partial charge in [-0.3, -0.25) is 19.2 Å². The molecule has 5 N–H and O–H groups in total. The molecule has 1 unspecified atom stereocenters. The van der Waals surface area contributed by atoms with Gasteiger partial charge in [-0.1, -0.05) is 68.4 Å². The molecule has 63 heavy (non-hydrogen) atoms. The molecule has 2 saturated carbocycles. The van der Waals surface area contributed by atoms with Crippen LogP contribution in [0.25, 0.3) is 0 Å². The van der Waals surface area contributed by atoms with Crippen LogP contribution in [0.5, 0.6) is 5.75 Å². The third kappa shape index (κ3) is 7.58. The fraction of sp³-hybridized carbons (Fsp3) is 0.447. The molecule has 11 atom stereocenters. The molecule has 1 aliphatic heterocycles. The zero-order chi connectivity index (χ0) is 45.8. The molecule has 0 spiro atoms. The van der Waals surface area contributed by atoms with E-state index in [1.54, 1.807) is 60.7 Å². The van der Waals surface area contributed by atoms with Crippen LogP contribution in [0.1, 0.15) is 86.7 Å². The lowest BCUT2D eigenvalue weighted by molar-refractivity contribution is -0.346. The molecule has 0 radical (unpaired) electrons. The van der Waals surface area contributed by atoms with Crippen molar-refractivity contribution in [2.24, 2.45) is 16.7 Å². The zero-order valence-corrected chi connectivity index (χ0v) is 35.6. The Morgan fingerprint density at radius 2 is 1.49 bits per heavy atom. The average Bonchev–Trinajstić information content (AvgIpc) is 3.23. The SMILES string of the molecule is CC(=O)O[C@H]1C(=O)[C@@]2(C)C([C@H](OC(=O)c3cccc(O)c3)[C@]3(O)C[C@H](OC(=O)[C@H](O)[C@@H](NC(=O)c4ccccc4)c4ccccc4)C(C)=C1C3(C)C)[C@]1(OC(C)=O)CO[C@@H]1C[C@@H]2O. The van der Waals surface area contributed by atoms with Gasteiger partial charge in [0.15, 0.2) is 23.6 Å². The first-order valence-electron chi connectivity index (χ1n) is 20.6. The molecule has 1 saturated heterocycles. The predicted molar refractivity (Wildman–Crippen MR) is 219 cm³/mol. The van der Waals surface area contributed by atoms with Gasteiger partial charge < -0.3 is 49.4 Å². The van der Waals surface area contributed by atoms with Crippen LogP contribution >= 0.6 is 0 Å². The lowest BCUT2D eigenvalue weighted by Gasteiger charge is -2.67. The number of phenols is 1. The van der Waals surface area contributed by atoms with Gasteiger partial charge in [-0.15, -0.1) is 0 Å². The van der Waals surface area contributed by atoms with Crippen molar-refractivity contribution in [3.05, 3.63) is 113 Å². The lowest BCUT2D eigenvalue weighted by Crippen LogP contribution is -2.82. The number of carbonyl (C=O) groups excluding carboxylic acids is 6. The summed E-state index contributed by atoms with van der Waals surface area (Å²) in [7, 11) is 0. The molecule has 334 valence electrons. The van der Waals surface area contributed by atoms with E-state index in [1.165, 1.54) is 45.9 Å². The Morgan fingerprint density at radius 3 is 2.08 bits per heavy atom. The average molecular weight is 870 g/mol. The highest BCUT2D eigenvalue weighted by atomic mass is 16.6. The van der Waals surface area contributed by atoms with Crippen LogP contribution in [0.4, 0.5) is 0 Å². The van der Waals surface area contributed by atoms with E-state index in [0.29, 0.717) is 5.56 Å². The Morgan fingerprint density at radius 1 is 0.857 bits per heavy atom. The standard InChI is InChI=1S/C47H51NO15/c1-24-31(61-43(57)36(53)35(27-14-9-7-10-15-27)48-41(55)28-16-11-8-12-17-28)22-47(58)40(62-42(56)29-18-13-19-30(51)20-29)38-45(6,32(52)21-33-46(38,23-59-33)63-26(3)50)39(54)37(60-25(2)49)34(24)44(47,4)5/h7-20,31-33,35-38,40,51-53,58H,21-23H2,1-6H3,(H,48,55)/t31-,32-,33+,35-,36+,37+,38?,40-,45+,46-,47+/m0/s1. The van der Waals surface area contributed by atoms with Crippen molar-refractivity contribution >= 4 is 35.6 Å². The Labute approximate surface area is 363 Å². The molecule has 1 amide bonds. The van der Waals surface area contributed by atoms with Crippen LogP contribution in [0, 0.1) is 16.7 Å². The normalized spacial score (nSPS) is 31.5. The van der Waals surface area contributed by atoms with Gasteiger partial charge in [0.1, 0.15) is 29.7 Å². The highest BCUT2D eigenvalue weighted by Crippen LogP contribution is 2.64. The number of aliphatic hydroxyl groups excluding tert-OH is 2. The molecule has 7 rings (SSSR count). The Bertz CT molecular complexity index is 2350. The van der Waals surface area contributed by atoms with Gasteiger partial charge in [0.25, 0.3) is 5.91 Å². The van der Waals surface area contributed by atoms with Crippen LogP contribution in [-0.2, 0) is 42.9 Å². The van der Waals surface area contributed by atoms with Crippen LogP contribution in [0.3, 0.4) is 0 Å². The number of nitrogens with one attached hydrogen (secondary N) is 1. The zero-order valence-electron chi connectivity index (χ0n) is 35.6. The van der Waals surface area contributed by atoms with E-state index in [4.69, 9.17) is 23.7 Å². The van der Waals surface area contributed by atoms with Gasteiger partial charge in [0, 0.05) is 37.7 Å². The number of aliphatic hydroxyl groups is 3. The number of carbonyl (C=O) groups is 6. The van der Waals surface area contributed by atoms with E-state index in [-0.39, 0.29) is 41.1 Å². The molecule has 16 nitrogen and oxygen atoms in total. The number of amides is 1. The predicted octanol–water partition coefficient (Wildman–Crippen LogP) is 3.44. The first-order valence-corrected chi connectivity index (χ1v) is 20.6. The second kappa shape index (κ2) is 16.6. The second-order valence-electron chi connectivity index (χ2n) is 17.5. The van der Waals surface area contributed by atoms with E-state index in [9.17, 15) is 44.4 Å². The number of Topliss-reactive ketones (excluding diaryl/α,β-unsaturated/α-hetero) is 1. The minimum absolute atomic E-state index is 0.0421. The molecule has 16 heteroatoms. The van der Waals surface area contributed by atoms with E-state index in [1.807, 2.05) is 0 Å². The van der Waals surface area contributed by atoms with Crippen molar-refractivity contribution in [3.63, 3.8) is 0 Å². The number of aromatic hydroxyl groups is 1. The first kappa shape index (κ1) is 45.1. The fourth-order valence-electron chi connectivity index (χ4n) is 10.2. The van der Waals surface area contributed by atoms with Crippen molar-refractivity contribution in [3.8, 4) is 5.75 Å². The summed E-state index contributed by atoms with van der Waals surface area (Å²) in [5.41, 5.74) is -7.58. The van der Waals surface area contributed by atoms with Crippen LogP contribution < -0.4 is 5.32 Å². The number of hydrogen-bond acceptors (Lipinski definition) is 15. The van der Waals surface area contributed by atoms with Gasteiger partial charge in [0.05, 0.1) is 35.6 Å². The van der Waals surface area contributed by atoms with Gasteiger partial charge in [-0.05, 0) is 60.9 Å². The van der Waals surface area contributed by atoms with Crippen LogP contribution in [-0.4, -0.2) is 110 Å². The minimum atomic E-state index is -2.46. The second-order valence-corrected chi connectivity index (χ2v) is 17.5. The van der Waals surface area contributed by atoms with Crippen LogP contribution in [0.2, 0.25) is 0 Å². The van der Waals surface area contributed by atoms with Gasteiger partial charge in [-0.2, -0.15) is 0 Å². The summed E-state index contributed by atoms with van der Waals surface area (Å²) in [5.74, 6) is -7.49. The summed E-state index contributed by atoms with van der Waals surface area (Å²) in [6, 6.07) is 20.1. The molecular formula is C47H51NO15.